The van der Waals surface area contributed by atoms with Gasteiger partial charge in [-0.15, -0.1) is 0 Å². The Morgan fingerprint density at radius 1 is 1.19 bits per heavy atom. The molecule has 2 N–H and O–H groups in total. The monoisotopic (exact) mass is 431 g/mol. The zero-order chi connectivity index (χ0) is 19.4. The number of rotatable bonds is 7. The van der Waals surface area contributed by atoms with Crippen molar-refractivity contribution in [1.82, 2.24) is 19.6 Å². The molecule has 3 rings (SSSR count). The van der Waals surface area contributed by atoms with Crippen molar-refractivity contribution in [3.8, 4) is 0 Å². The third-order valence-corrected chi connectivity index (χ3v) is 4.51. The zero-order valence-corrected chi connectivity index (χ0v) is 16.2. The number of carbonyl (C=O) groups is 2. The van der Waals surface area contributed by atoms with Gasteiger partial charge >= 0.3 is 5.97 Å². The van der Waals surface area contributed by atoms with Crippen LogP contribution < -0.4 is 5.32 Å². The van der Waals surface area contributed by atoms with E-state index in [0.717, 1.165) is 15.7 Å². The van der Waals surface area contributed by atoms with Crippen LogP contribution in [0.2, 0.25) is 0 Å². The molecule has 2 heterocycles. The van der Waals surface area contributed by atoms with Gasteiger partial charge in [-0.1, -0.05) is 28.1 Å². The number of aromatic carboxylic acids is 1. The smallest absolute Gasteiger partial charge is 0.354 e. The predicted octanol–water partition coefficient (Wildman–Crippen LogP) is 2.93. The van der Waals surface area contributed by atoms with E-state index < -0.39 is 5.97 Å². The molecule has 0 fully saturated rings. The summed E-state index contributed by atoms with van der Waals surface area (Å²) in [7, 11) is 0. The van der Waals surface area contributed by atoms with E-state index in [2.05, 4.69) is 31.4 Å². The first-order valence-corrected chi connectivity index (χ1v) is 9.05. The van der Waals surface area contributed by atoms with Gasteiger partial charge in [-0.25, -0.2) is 4.79 Å². The molecule has 8 nitrogen and oxygen atoms in total. The number of anilines is 1. The van der Waals surface area contributed by atoms with Crippen LogP contribution in [-0.2, 0) is 17.9 Å². The molecule has 0 unspecified atom stereocenters. The third-order valence-electron chi connectivity index (χ3n) is 3.98. The van der Waals surface area contributed by atoms with E-state index in [1.807, 2.05) is 35.9 Å². The van der Waals surface area contributed by atoms with Crippen molar-refractivity contribution in [3.05, 3.63) is 64.0 Å². The minimum atomic E-state index is -1.07. The summed E-state index contributed by atoms with van der Waals surface area (Å²) in [4.78, 5) is 23.2. The van der Waals surface area contributed by atoms with Crippen LogP contribution in [0.15, 0.2) is 47.1 Å². The van der Waals surface area contributed by atoms with Crippen molar-refractivity contribution in [2.24, 2.45) is 0 Å². The average molecular weight is 432 g/mol. The maximum Gasteiger partial charge on any atom is 0.354 e. The summed E-state index contributed by atoms with van der Waals surface area (Å²) in [6.45, 7) is 2.70. The highest BCUT2D eigenvalue weighted by Crippen LogP contribution is 2.14. The number of nitrogens with one attached hydrogen (secondary N) is 1. The minimum Gasteiger partial charge on any atom is -0.477 e. The lowest BCUT2D eigenvalue weighted by atomic mass is 10.2. The van der Waals surface area contributed by atoms with Crippen LogP contribution in [0.25, 0.3) is 0 Å². The fourth-order valence-corrected chi connectivity index (χ4v) is 2.86. The molecule has 1 amide bonds. The number of benzene rings is 1. The van der Waals surface area contributed by atoms with Gasteiger partial charge < -0.3 is 10.4 Å². The number of carboxylic acids is 1. The van der Waals surface area contributed by atoms with E-state index in [9.17, 15) is 9.59 Å². The Kier molecular flexibility index (Phi) is 5.70. The van der Waals surface area contributed by atoms with Crippen molar-refractivity contribution >= 4 is 33.6 Å². The largest absolute Gasteiger partial charge is 0.477 e. The molecule has 2 aromatic heterocycles. The molecule has 0 atom stereocenters. The summed E-state index contributed by atoms with van der Waals surface area (Å²) >= 11 is 3.41. The molecule has 0 saturated carbocycles. The Balaban J connectivity index is 1.59. The highest BCUT2D eigenvalue weighted by molar-refractivity contribution is 9.10. The Bertz CT molecular complexity index is 962. The highest BCUT2D eigenvalue weighted by atomic mass is 79.9. The van der Waals surface area contributed by atoms with Crippen molar-refractivity contribution < 1.29 is 14.7 Å². The number of hydrogen-bond acceptors (Lipinski definition) is 4. The summed E-state index contributed by atoms with van der Waals surface area (Å²) in [5.74, 6) is -0.862. The first-order chi connectivity index (χ1) is 12.9. The molecular formula is C18H18BrN5O3. The summed E-state index contributed by atoms with van der Waals surface area (Å²) in [5, 5.41) is 20.1. The molecule has 9 heteroatoms. The number of aryl methyl sites for hydroxylation is 2. The van der Waals surface area contributed by atoms with Crippen LogP contribution in [0.1, 0.15) is 28.2 Å². The number of aromatic nitrogens is 4. The van der Waals surface area contributed by atoms with Gasteiger partial charge in [0.05, 0.1) is 13.1 Å². The number of carboxylic acid groups (broad SMARTS) is 1. The second-order valence-corrected chi connectivity index (χ2v) is 6.91. The Morgan fingerprint density at radius 3 is 2.63 bits per heavy atom. The van der Waals surface area contributed by atoms with Crippen molar-refractivity contribution in [3.63, 3.8) is 0 Å². The highest BCUT2D eigenvalue weighted by Gasteiger charge is 2.13. The van der Waals surface area contributed by atoms with Gasteiger partial charge in [0, 0.05) is 28.9 Å². The van der Waals surface area contributed by atoms with Crippen molar-refractivity contribution in [2.75, 3.05) is 5.32 Å². The van der Waals surface area contributed by atoms with E-state index in [0.29, 0.717) is 12.4 Å². The van der Waals surface area contributed by atoms with E-state index in [4.69, 9.17) is 5.11 Å². The molecule has 0 saturated heterocycles. The molecule has 0 bridgehead atoms. The van der Waals surface area contributed by atoms with Crippen LogP contribution in [0.5, 0.6) is 0 Å². The molecule has 0 aliphatic carbocycles. The lowest BCUT2D eigenvalue weighted by molar-refractivity contribution is -0.116. The number of carbonyl (C=O) groups excluding carboxylic acids is 1. The van der Waals surface area contributed by atoms with Crippen LogP contribution in [0, 0.1) is 6.92 Å². The second-order valence-electron chi connectivity index (χ2n) is 6.00. The van der Waals surface area contributed by atoms with Gasteiger partial charge in [-0.3, -0.25) is 14.2 Å². The molecule has 0 spiro atoms. The maximum atomic E-state index is 12.2. The van der Waals surface area contributed by atoms with Gasteiger partial charge in [-0.05, 0) is 30.7 Å². The van der Waals surface area contributed by atoms with E-state index >= 15 is 0 Å². The fourth-order valence-electron chi connectivity index (χ4n) is 2.60. The number of hydrogen-bond donors (Lipinski definition) is 2. The quantitative estimate of drug-likeness (QED) is 0.598. The van der Waals surface area contributed by atoms with Crippen LogP contribution in [0.4, 0.5) is 5.82 Å². The van der Waals surface area contributed by atoms with E-state index in [1.54, 1.807) is 6.07 Å². The summed E-state index contributed by atoms with van der Waals surface area (Å²) in [6.07, 6.45) is 1.50. The average Bonchev–Trinajstić information content (AvgIpc) is 3.22. The predicted molar refractivity (Wildman–Crippen MR) is 103 cm³/mol. The fraction of sp³-hybridized carbons (Fsp3) is 0.222. The normalized spacial score (nSPS) is 10.7. The van der Waals surface area contributed by atoms with Gasteiger partial charge in [0.15, 0.2) is 5.82 Å². The van der Waals surface area contributed by atoms with Crippen LogP contribution in [-0.4, -0.2) is 36.5 Å². The lowest BCUT2D eigenvalue weighted by Crippen LogP contribution is -2.17. The first-order valence-electron chi connectivity index (χ1n) is 8.26. The van der Waals surface area contributed by atoms with Gasteiger partial charge in [0.1, 0.15) is 5.69 Å². The molecule has 0 aliphatic heterocycles. The van der Waals surface area contributed by atoms with Gasteiger partial charge in [0.2, 0.25) is 5.91 Å². The second kappa shape index (κ2) is 8.17. The zero-order valence-electron chi connectivity index (χ0n) is 14.6. The molecule has 27 heavy (non-hydrogen) atoms. The Labute approximate surface area is 163 Å². The Morgan fingerprint density at radius 2 is 1.93 bits per heavy atom. The molecule has 140 valence electrons. The summed E-state index contributed by atoms with van der Waals surface area (Å²) in [6, 6.07) is 11.1. The molecule has 1 aromatic carbocycles. The molecular weight excluding hydrogens is 414 g/mol. The summed E-state index contributed by atoms with van der Waals surface area (Å²) < 4.78 is 4.12. The lowest BCUT2D eigenvalue weighted by Gasteiger charge is -2.05. The number of halogens is 1. The molecule has 3 aromatic rings. The standard InChI is InChI=1S/C18H18BrN5O3/c1-12-10-16(22-24(12)11-13-2-4-14(19)5-3-13)21-17(25)7-9-23-15(18(26)27)6-8-20-23/h2-6,8,10H,7,9,11H2,1H3,(H,26,27)(H,21,22,25). The van der Waals surface area contributed by atoms with Crippen LogP contribution >= 0.6 is 15.9 Å². The molecule has 0 aliphatic rings. The maximum absolute atomic E-state index is 12.2. The summed E-state index contributed by atoms with van der Waals surface area (Å²) in [5.41, 5.74) is 2.08. The van der Waals surface area contributed by atoms with E-state index in [1.165, 1.54) is 16.9 Å². The topological polar surface area (TPSA) is 102 Å². The first kappa shape index (κ1) is 18.8. The minimum absolute atomic E-state index is 0.0532. The van der Waals surface area contributed by atoms with Gasteiger partial charge in [0.25, 0.3) is 0 Å². The van der Waals surface area contributed by atoms with Gasteiger partial charge in [-0.2, -0.15) is 10.2 Å². The SMILES string of the molecule is Cc1cc(NC(=O)CCn2nccc2C(=O)O)nn1Cc1ccc(Br)cc1. The Hall–Kier alpha value is -2.94. The number of amides is 1. The van der Waals surface area contributed by atoms with Crippen molar-refractivity contribution in [1.29, 1.82) is 0 Å². The van der Waals surface area contributed by atoms with Crippen LogP contribution in [0.3, 0.4) is 0 Å². The third kappa shape index (κ3) is 4.82. The van der Waals surface area contributed by atoms with Crippen molar-refractivity contribution in [2.45, 2.75) is 26.4 Å². The number of nitrogens with zero attached hydrogens (tertiary/aromatic N) is 4. The van der Waals surface area contributed by atoms with E-state index in [-0.39, 0.29) is 24.6 Å². The molecule has 0 radical (unpaired) electrons.